The van der Waals surface area contributed by atoms with Crippen LogP contribution in [-0.2, 0) is 5.88 Å². The molecule has 0 aliphatic rings. The number of benzene rings is 1. The van der Waals surface area contributed by atoms with Crippen LogP contribution in [0.1, 0.15) is 17.0 Å². The average Bonchev–Trinajstić information content (AvgIpc) is 2.41. The van der Waals surface area contributed by atoms with Gasteiger partial charge in [0.25, 0.3) is 0 Å². The molecule has 2 aromatic rings. The lowest BCUT2D eigenvalue weighted by Gasteiger charge is -2.11. The molecule has 1 aromatic heterocycles. The van der Waals surface area contributed by atoms with Gasteiger partial charge in [-0.15, -0.1) is 11.6 Å². The molecule has 0 fully saturated rings. The first-order chi connectivity index (χ1) is 8.65. The number of alkyl halides is 1. The van der Waals surface area contributed by atoms with Crippen molar-refractivity contribution in [2.75, 3.05) is 7.11 Å². The average molecular weight is 263 g/mol. The van der Waals surface area contributed by atoms with Gasteiger partial charge in [-0.1, -0.05) is 0 Å². The quantitative estimate of drug-likeness (QED) is 0.794. The zero-order valence-corrected chi connectivity index (χ0v) is 11.5. The van der Waals surface area contributed by atoms with Crippen LogP contribution >= 0.6 is 11.6 Å². The Kier molecular flexibility index (Phi) is 3.82. The highest BCUT2D eigenvalue weighted by Crippen LogP contribution is 2.31. The third-order valence-electron chi connectivity index (χ3n) is 2.92. The Morgan fingerprint density at radius 3 is 2.61 bits per heavy atom. The topological polar surface area (TPSA) is 35.0 Å². The van der Waals surface area contributed by atoms with Crippen molar-refractivity contribution in [3.8, 4) is 17.0 Å². The first-order valence-corrected chi connectivity index (χ1v) is 6.22. The normalized spacial score (nSPS) is 10.4. The maximum atomic E-state index is 5.76. The van der Waals surface area contributed by atoms with E-state index in [0.29, 0.717) is 11.7 Å². The number of methoxy groups -OCH3 is 1. The number of hydrogen-bond acceptors (Lipinski definition) is 3. The zero-order chi connectivity index (χ0) is 13.1. The number of aromatic nitrogens is 2. The molecule has 0 amide bonds. The van der Waals surface area contributed by atoms with Crippen molar-refractivity contribution in [2.45, 2.75) is 19.7 Å². The molecule has 1 aromatic carbocycles. The standard InChI is InChI=1S/C14H15ClN2O/c1-9-6-11(13(18-3)7-10(9)2)12-4-5-16-14(8-15)17-12/h4-7H,8H2,1-3H3. The molecule has 2 rings (SSSR count). The van der Waals surface area contributed by atoms with Crippen molar-refractivity contribution >= 4 is 11.6 Å². The van der Waals surface area contributed by atoms with Gasteiger partial charge in [0.1, 0.15) is 11.6 Å². The summed E-state index contributed by atoms with van der Waals surface area (Å²) in [6.45, 7) is 4.13. The first kappa shape index (κ1) is 12.8. The van der Waals surface area contributed by atoms with E-state index in [-0.39, 0.29) is 0 Å². The lowest BCUT2D eigenvalue weighted by atomic mass is 10.0. The van der Waals surface area contributed by atoms with Gasteiger partial charge < -0.3 is 4.74 Å². The zero-order valence-electron chi connectivity index (χ0n) is 10.7. The van der Waals surface area contributed by atoms with Gasteiger partial charge in [-0.25, -0.2) is 9.97 Å². The van der Waals surface area contributed by atoms with Crippen LogP contribution in [0.3, 0.4) is 0 Å². The Bertz CT molecular complexity index is 570. The predicted octanol–water partition coefficient (Wildman–Crippen LogP) is 3.51. The van der Waals surface area contributed by atoms with Crippen LogP contribution in [-0.4, -0.2) is 17.1 Å². The van der Waals surface area contributed by atoms with E-state index in [1.807, 2.05) is 12.1 Å². The van der Waals surface area contributed by atoms with E-state index in [1.54, 1.807) is 13.3 Å². The molecular formula is C14H15ClN2O. The Hall–Kier alpha value is -1.61. The molecule has 4 heteroatoms. The highest BCUT2D eigenvalue weighted by Gasteiger charge is 2.10. The minimum atomic E-state index is 0.307. The maximum Gasteiger partial charge on any atom is 0.143 e. The lowest BCUT2D eigenvalue weighted by Crippen LogP contribution is -1.96. The molecule has 0 saturated carbocycles. The van der Waals surface area contributed by atoms with Crippen LogP contribution in [0.2, 0.25) is 0 Å². The van der Waals surface area contributed by atoms with E-state index in [0.717, 1.165) is 17.0 Å². The fourth-order valence-corrected chi connectivity index (χ4v) is 1.90. The summed E-state index contributed by atoms with van der Waals surface area (Å²) in [7, 11) is 1.66. The van der Waals surface area contributed by atoms with Gasteiger partial charge in [0.15, 0.2) is 0 Å². The van der Waals surface area contributed by atoms with Crippen LogP contribution in [0.25, 0.3) is 11.3 Å². The third-order valence-corrected chi connectivity index (χ3v) is 3.16. The second kappa shape index (κ2) is 5.36. The highest BCUT2D eigenvalue weighted by molar-refractivity contribution is 6.16. The smallest absolute Gasteiger partial charge is 0.143 e. The Balaban J connectivity index is 2.58. The van der Waals surface area contributed by atoms with Crippen molar-refractivity contribution < 1.29 is 4.74 Å². The first-order valence-electron chi connectivity index (χ1n) is 5.69. The fraction of sp³-hybridized carbons (Fsp3) is 0.286. The van der Waals surface area contributed by atoms with Gasteiger partial charge in [0, 0.05) is 11.8 Å². The molecule has 1 heterocycles. The van der Waals surface area contributed by atoms with E-state index in [9.17, 15) is 0 Å². The van der Waals surface area contributed by atoms with Crippen molar-refractivity contribution in [2.24, 2.45) is 0 Å². The number of ether oxygens (including phenoxy) is 1. The summed E-state index contributed by atoms with van der Waals surface area (Å²) in [5, 5.41) is 0. The molecule has 0 bridgehead atoms. The lowest BCUT2D eigenvalue weighted by molar-refractivity contribution is 0.416. The summed E-state index contributed by atoms with van der Waals surface area (Å²) in [5.41, 5.74) is 4.20. The van der Waals surface area contributed by atoms with Crippen LogP contribution < -0.4 is 4.74 Å². The second-order valence-electron chi connectivity index (χ2n) is 4.13. The van der Waals surface area contributed by atoms with Crippen LogP contribution in [0.4, 0.5) is 0 Å². The van der Waals surface area contributed by atoms with Crippen molar-refractivity contribution in [3.05, 3.63) is 41.3 Å². The van der Waals surface area contributed by atoms with Gasteiger partial charge in [0.05, 0.1) is 18.7 Å². The summed E-state index contributed by atoms with van der Waals surface area (Å²) in [5.74, 6) is 1.74. The number of nitrogens with zero attached hydrogens (tertiary/aromatic N) is 2. The van der Waals surface area contributed by atoms with E-state index >= 15 is 0 Å². The predicted molar refractivity (Wildman–Crippen MR) is 73.1 cm³/mol. The van der Waals surface area contributed by atoms with Crippen molar-refractivity contribution in [3.63, 3.8) is 0 Å². The van der Waals surface area contributed by atoms with Crippen molar-refractivity contribution in [1.82, 2.24) is 9.97 Å². The molecule has 0 aliphatic carbocycles. The summed E-state index contributed by atoms with van der Waals surface area (Å²) >= 11 is 5.76. The fourth-order valence-electron chi connectivity index (χ4n) is 1.77. The number of rotatable bonds is 3. The van der Waals surface area contributed by atoms with Gasteiger partial charge >= 0.3 is 0 Å². The van der Waals surface area contributed by atoms with Crippen LogP contribution in [0, 0.1) is 13.8 Å². The molecule has 0 saturated heterocycles. The van der Waals surface area contributed by atoms with E-state index in [1.165, 1.54) is 11.1 Å². The van der Waals surface area contributed by atoms with E-state index in [4.69, 9.17) is 16.3 Å². The minimum Gasteiger partial charge on any atom is -0.496 e. The van der Waals surface area contributed by atoms with Crippen LogP contribution in [0.15, 0.2) is 24.4 Å². The summed E-state index contributed by atoms with van der Waals surface area (Å²) in [6, 6.07) is 5.96. The van der Waals surface area contributed by atoms with Crippen molar-refractivity contribution in [1.29, 1.82) is 0 Å². The Morgan fingerprint density at radius 1 is 1.22 bits per heavy atom. The summed E-state index contributed by atoms with van der Waals surface area (Å²) in [4.78, 5) is 8.51. The molecule has 18 heavy (non-hydrogen) atoms. The molecule has 0 atom stereocenters. The minimum absolute atomic E-state index is 0.307. The molecule has 0 unspecified atom stereocenters. The van der Waals surface area contributed by atoms with Crippen LogP contribution in [0.5, 0.6) is 5.75 Å². The molecule has 0 radical (unpaired) electrons. The number of halogens is 1. The highest BCUT2D eigenvalue weighted by atomic mass is 35.5. The van der Waals surface area contributed by atoms with Gasteiger partial charge in [-0.2, -0.15) is 0 Å². The number of hydrogen-bond donors (Lipinski definition) is 0. The maximum absolute atomic E-state index is 5.76. The van der Waals surface area contributed by atoms with E-state index < -0.39 is 0 Å². The molecule has 0 aliphatic heterocycles. The summed E-state index contributed by atoms with van der Waals surface area (Å²) in [6.07, 6.45) is 1.72. The van der Waals surface area contributed by atoms with Gasteiger partial charge in [-0.05, 0) is 43.2 Å². The molecule has 0 spiro atoms. The second-order valence-corrected chi connectivity index (χ2v) is 4.40. The largest absolute Gasteiger partial charge is 0.496 e. The number of aryl methyl sites for hydroxylation is 2. The van der Waals surface area contributed by atoms with Gasteiger partial charge in [0.2, 0.25) is 0 Å². The molecule has 0 N–H and O–H groups in total. The van der Waals surface area contributed by atoms with Gasteiger partial charge in [-0.3, -0.25) is 0 Å². The Morgan fingerprint density at radius 2 is 1.94 bits per heavy atom. The third kappa shape index (κ3) is 2.46. The Labute approximate surface area is 112 Å². The molecule has 94 valence electrons. The molecular weight excluding hydrogens is 248 g/mol. The molecule has 3 nitrogen and oxygen atoms in total. The SMILES string of the molecule is COc1cc(C)c(C)cc1-c1ccnc(CCl)n1. The monoisotopic (exact) mass is 262 g/mol. The van der Waals surface area contributed by atoms with E-state index in [2.05, 4.69) is 29.9 Å². The summed E-state index contributed by atoms with van der Waals surface area (Å²) < 4.78 is 5.42.